The monoisotopic (exact) mass is 268 g/mol. The molecule has 2 atom stereocenters. The smallest absolute Gasteiger partial charge is 0.306 e. The predicted octanol–water partition coefficient (Wildman–Crippen LogP) is 1.41. The zero-order chi connectivity index (χ0) is 13.9. The average Bonchev–Trinajstić information content (AvgIpc) is 2.77. The Labute approximate surface area is 113 Å². The van der Waals surface area contributed by atoms with Crippen molar-refractivity contribution in [2.45, 2.75) is 69.4 Å². The highest BCUT2D eigenvalue weighted by molar-refractivity contribution is 5.78. The molecule has 0 radical (unpaired) electrons. The Bertz CT molecular complexity index is 351. The van der Waals surface area contributed by atoms with Crippen LogP contribution in [0, 0.1) is 5.92 Å². The summed E-state index contributed by atoms with van der Waals surface area (Å²) in [4.78, 5) is 22.9. The van der Waals surface area contributed by atoms with Crippen molar-refractivity contribution in [3.63, 3.8) is 0 Å². The van der Waals surface area contributed by atoms with Crippen LogP contribution in [0.1, 0.15) is 57.8 Å². The number of carbonyl (C=O) groups is 2. The third-order valence-corrected chi connectivity index (χ3v) is 4.51. The van der Waals surface area contributed by atoms with Crippen molar-refractivity contribution in [2.24, 2.45) is 11.7 Å². The van der Waals surface area contributed by atoms with Crippen molar-refractivity contribution < 1.29 is 14.7 Å². The fraction of sp³-hybridized carbons (Fsp3) is 0.857. The molecule has 0 unspecified atom stereocenters. The number of hydrogen-bond donors (Lipinski definition) is 3. The van der Waals surface area contributed by atoms with E-state index in [1.807, 2.05) is 0 Å². The van der Waals surface area contributed by atoms with Gasteiger partial charge in [-0.3, -0.25) is 9.59 Å². The van der Waals surface area contributed by atoms with Crippen LogP contribution in [0.4, 0.5) is 0 Å². The van der Waals surface area contributed by atoms with Crippen LogP contribution in [-0.4, -0.2) is 28.6 Å². The van der Waals surface area contributed by atoms with E-state index in [4.69, 9.17) is 10.8 Å². The van der Waals surface area contributed by atoms with E-state index in [1.165, 1.54) is 6.42 Å². The molecular formula is C14H24N2O3. The SMILES string of the molecule is NC1(CC(=O)N[C@H]2CC[C@@H](C(=O)O)C2)CCCCC1. The van der Waals surface area contributed by atoms with E-state index in [0.717, 1.165) is 32.1 Å². The highest BCUT2D eigenvalue weighted by Crippen LogP contribution is 2.29. The summed E-state index contributed by atoms with van der Waals surface area (Å²) < 4.78 is 0. The molecule has 0 heterocycles. The Morgan fingerprint density at radius 2 is 1.89 bits per heavy atom. The lowest BCUT2D eigenvalue weighted by Gasteiger charge is -2.33. The fourth-order valence-electron chi connectivity index (χ4n) is 3.37. The summed E-state index contributed by atoms with van der Waals surface area (Å²) in [6.45, 7) is 0. The number of aliphatic carboxylic acids is 1. The van der Waals surface area contributed by atoms with Gasteiger partial charge in [0, 0.05) is 18.0 Å². The summed E-state index contributed by atoms with van der Waals surface area (Å²) in [6, 6.07) is 0.0146. The molecule has 0 aromatic rings. The van der Waals surface area contributed by atoms with E-state index in [0.29, 0.717) is 19.3 Å². The molecule has 0 aliphatic heterocycles. The number of rotatable bonds is 4. The molecule has 19 heavy (non-hydrogen) atoms. The van der Waals surface area contributed by atoms with Gasteiger partial charge in [0.25, 0.3) is 0 Å². The molecule has 2 rings (SSSR count). The van der Waals surface area contributed by atoms with Gasteiger partial charge in [0.15, 0.2) is 0 Å². The van der Waals surface area contributed by atoms with Crippen LogP contribution in [0.2, 0.25) is 0 Å². The number of amides is 1. The van der Waals surface area contributed by atoms with Crippen LogP contribution in [0.3, 0.4) is 0 Å². The second-order valence-corrected chi connectivity index (χ2v) is 6.21. The standard InChI is InChI=1S/C14H24N2O3/c15-14(6-2-1-3-7-14)9-12(17)16-11-5-4-10(8-11)13(18)19/h10-11H,1-9,15H2,(H,16,17)(H,18,19)/t10-,11+/m1/s1. The number of carboxylic acid groups (broad SMARTS) is 1. The minimum absolute atomic E-state index is 0.0135. The van der Waals surface area contributed by atoms with Crippen molar-refractivity contribution in [2.75, 3.05) is 0 Å². The van der Waals surface area contributed by atoms with Gasteiger partial charge in [-0.2, -0.15) is 0 Å². The fourth-order valence-corrected chi connectivity index (χ4v) is 3.37. The maximum absolute atomic E-state index is 12.0. The number of nitrogens with two attached hydrogens (primary N) is 1. The minimum atomic E-state index is -0.751. The third kappa shape index (κ3) is 3.93. The summed E-state index contributed by atoms with van der Waals surface area (Å²) in [7, 11) is 0. The molecule has 5 heteroatoms. The van der Waals surface area contributed by atoms with Crippen molar-refractivity contribution in [3.8, 4) is 0 Å². The Balaban J connectivity index is 1.77. The Kier molecular flexibility index (Phi) is 4.45. The van der Waals surface area contributed by atoms with Gasteiger partial charge in [0.2, 0.25) is 5.91 Å². The van der Waals surface area contributed by atoms with Crippen LogP contribution >= 0.6 is 0 Å². The first-order valence-corrected chi connectivity index (χ1v) is 7.30. The molecule has 0 spiro atoms. The first-order chi connectivity index (χ1) is 8.98. The third-order valence-electron chi connectivity index (χ3n) is 4.51. The molecule has 5 nitrogen and oxygen atoms in total. The van der Waals surface area contributed by atoms with E-state index in [2.05, 4.69) is 5.32 Å². The zero-order valence-corrected chi connectivity index (χ0v) is 11.4. The molecule has 2 saturated carbocycles. The Hall–Kier alpha value is -1.10. The van der Waals surface area contributed by atoms with Crippen molar-refractivity contribution in [1.29, 1.82) is 0 Å². The average molecular weight is 268 g/mol. The number of hydrogen-bond acceptors (Lipinski definition) is 3. The molecule has 0 aromatic heterocycles. The predicted molar refractivity (Wildman–Crippen MR) is 71.5 cm³/mol. The molecule has 0 aromatic carbocycles. The van der Waals surface area contributed by atoms with Gasteiger partial charge in [-0.25, -0.2) is 0 Å². The first kappa shape index (κ1) is 14.3. The molecule has 0 saturated heterocycles. The van der Waals surface area contributed by atoms with E-state index in [-0.39, 0.29) is 23.4 Å². The summed E-state index contributed by atoms with van der Waals surface area (Å²) in [5.74, 6) is -1.06. The van der Waals surface area contributed by atoms with E-state index >= 15 is 0 Å². The lowest BCUT2D eigenvalue weighted by molar-refractivity contribution is -0.141. The summed E-state index contributed by atoms with van der Waals surface area (Å²) in [5, 5.41) is 11.9. The zero-order valence-electron chi connectivity index (χ0n) is 11.4. The quantitative estimate of drug-likeness (QED) is 0.718. The lowest BCUT2D eigenvalue weighted by atomic mass is 9.80. The van der Waals surface area contributed by atoms with Crippen LogP contribution in [-0.2, 0) is 9.59 Å². The molecule has 2 fully saturated rings. The summed E-state index contributed by atoms with van der Waals surface area (Å²) in [5.41, 5.74) is 5.91. The number of nitrogens with one attached hydrogen (secondary N) is 1. The van der Waals surface area contributed by atoms with Gasteiger partial charge in [-0.05, 0) is 32.1 Å². The molecule has 2 aliphatic rings. The highest BCUT2D eigenvalue weighted by Gasteiger charge is 2.33. The molecular weight excluding hydrogens is 244 g/mol. The normalized spacial score (nSPS) is 29.9. The van der Waals surface area contributed by atoms with E-state index < -0.39 is 5.97 Å². The van der Waals surface area contributed by atoms with Crippen LogP contribution in [0.15, 0.2) is 0 Å². The van der Waals surface area contributed by atoms with Crippen molar-refractivity contribution in [1.82, 2.24) is 5.32 Å². The van der Waals surface area contributed by atoms with Gasteiger partial charge in [-0.1, -0.05) is 19.3 Å². The second-order valence-electron chi connectivity index (χ2n) is 6.21. The molecule has 1 amide bonds. The van der Waals surface area contributed by atoms with Gasteiger partial charge >= 0.3 is 5.97 Å². The van der Waals surface area contributed by atoms with Crippen LogP contribution in [0.5, 0.6) is 0 Å². The Morgan fingerprint density at radius 1 is 1.21 bits per heavy atom. The number of carboxylic acids is 1. The highest BCUT2D eigenvalue weighted by atomic mass is 16.4. The molecule has 108 valence electrons. The van der Waals surface area contributed by atoms with Gasteiger partial charge < -0.3 is 16.2 Å². The van der Waals surface area contributed by atoms with Gasteiger partial charge in [0.05, 0.1) is 5.92 Å². The maximum Gasteiger partial charge on any atom is 0.306 e. The Morgan fingerprint density at radius 3 is 2.47 bits per heavy atom. The summed E-state index contributed by atoms with van der Waals surface area (Å²) in [6.07, 6.45) is 7.62. The van der Waals surface area contributed by atoms with Crippen molar-refractivity contribution in [3.05, 3.63) is 0 Å². The van der Waals surface area contributed by atoms with Crippen molar-refractivity contribution >= 4 is 11.9 Å². The van der Waals surface area contributed by atoms with Gasteiger partial charge in [-0.15, -0.1) is 0 Å². The summed E-state index contributed by atoms with van der Waals surface area (Å²) >= 11 is 0. The van der Waals surface area contributed by atoms with Crippen LogP contribution in [0.25, 0.3) is 0 Å². The molecule has 4 N–H and O–H groups in total. The maximum atomic E-state index is 12.0. The number of carbonyl (C=O) groups excluding carboxylic acids is 1. The molecule has 0 bridgehead atoms. The minimum Gasteiger partial charge on any atom is -0.481 e. The lowest BCUT2D eigenvalue weighted by Crippen LogP contribution is -2.47. The topological polar surface area (TPSA) is 92.4 Å². The first-order valence-electron chi connectivity index (χ1n) is 7.30. The molecule has 2 aliphatic carbocycles. The van der Waals surface area contributed by atoms with E-state index in [1.54, 1.807) is 0 Å². The second kappa shape index (κ2) is 5.90. The van der Waals surface area contributed by atoms with Gasteiger partial charge in [0.1, 0.15) is 0 Å². The van der Waals surface area contributed by atoms with E-state index in [9.17, 15) is 9.59 Å². The largest absolute Gasteiger partial charge is 0.481 e. The van der Waals surface area contributed by atoms with Crippen LogP contribution < -0.4 is 11.1 Å².